The van der Waals surface area contributed by atoms with Gasteiger partial charge < -0.3 is 9.64 Å². The Labute approximate surface area is 122 Å². The SMILES string of the molecule is Cn1nccc1CCC(=O)N1CCOCC1c1ccn[nH]1. The van der Waals surface area contributed by atoms with Crippen molar-refractivity contribution in [3.8, 4) is 0 Å². The van der Waals surface area contributed by atoms with Gasteiger partial charge in [-0.1, -0.05) is 0 Å². The molecule has 1 aliphatic rings. The zero-order chi connectivity index (χ0) is 14.7. The molecule has 7 nitrogen and oxygen atoms in total. The number of hydrogen-bond acceptors (Lipinski definition) is 4. The minimum atomic E-state index is -0.0692. The van der Waals surface area contributed by atoms with Crippen LogP contribution >= 0.6 is 0 Å². The van der Waals surface area contributed by atoms with Crippen LogP contribution in [0.1, 0.15) is 23.9 Å². The standard InChI is InChI=1S/C14H19N5O2/c1-18-11(4-7-16-18)2-3-14(20)19-8-9-21-10-13(19)12-5-6-15-17-12/h4-7,13H,2-3,8-10H2,1H3,(H,15,17). The van der Waals surface area contributed by atoms with Crippen LogP contribution in [0.5, 0.6) is 0 Å². The Kier molecular flexibility index (Phi) is 4.01. The normalized spacial score (nSPS) is 18.9. The van der Waals surface area contributed by atoms with Gasteiger partial charge in [0.2, 0.25) is 5.91 Å². The zero-order valence-electron chi connectivity index (χ0n) is 12.0. The predicted molar refractivity (Wildman–Crippen MR) is 75.4 cm³/mol. The van der Waals surface area contributed by atoms with Crippen molar-refractivity contribution in [1.82, 2.24) is 24.9 Å². The number of H-pyrrole nitrogens is 1. The number of rotatable bonds is 4. The van der Waals surface area contributed by atoms with Crippen molar-refractivity contribution >= 4 is 5.91 Å². The Hall–Kier alpha value is -2.15. The first-order valence-corrected chi connectivity index (χ1v) is 7.09. The molecule has 1 amide bonds. The highest BCUT2D eigenvalue weighted by Gasteiger charge is 2.29. The second-order valence-corrected chi connectivity index (χ2v) is 5.14. The van der Waals surface area contributed by atoms with Crippen LogP contribution in [0.25, 0.3) is 0 Å². The molecule has 1 atom stereocenters. The Morgan fingerprint density at radius 2 is 2.38 bits per heavy atom. The van der Waals surface area contributed by atoms with E-state index in [0.717, 1.165) is 11.4 Å². The number of hydrogen-bond donors (Lipinski definition) is 1. The largest absolute Gasteiger partial charge is 0.377 e. The van der Waals surface area contributed by atoms with Gasteiger partial charge in [0, 0.05) is 38.1 Å². The Morgan fingerprint density at radius 3 is 3.10 bits per heavy atom. The molecule has 3 rings (SSSR count). The second-order valence-electron chi connectivity index (χ2n) is 5.14. The summed E-state index contributed by atoms with van der Waals surface area (Å²) in [5.74, 6) is 0.138. The van der Waals surface area contributed by atoms with Gasteiger partial charge in [-0.05, 0) is 18.6 Å². The lowest BCUT2D eigenvalue weighted by molar-refractivity contribution is -0.140. The van der Waals surface area contributed by atoms with E-state index in [1.54, 1.807) is 17.1 Å². The summed E-state index contributed by atoms with van der Waals surface area (Å²) < 4.78 is 7.30. The molecule has 1 fully saturated rings. The van der Waals surface area contributed by atoms with Gasteiger partial charge in [-0.15, -0.1) is 0 Å². The lowest BCUT2D eigenvalue weighted by Gasteiger charge is -2.35. The van der Waals surface area contributed by atoms with E-state index in [1.165, 1.54) is 0 Å². The number of aromatic amines is 1. The molecule has 3 heterocycles. The van der Waals surface area contributed by atoms with Crippen LogP contribution in [0, 0.1) is 0 Å². The summed E-state index contributed by atoms with van der Waals surface area (Å²) in [7, 11) is 1.89. The summed E-state index contributed by atoms with van der Waals surface area (Å²) >= 11 is 0. The number of nitrogens with one attached hydrogen (secondary N) is 1. The number of amides is 1. The summed E-state index contributed by atoms with van der Waals surface area (Å²) in [6.45, 7) is 1.72. The van der Waals surface area contributed by atoms with Crippen molar-refractivity contribution in [2.24, 2.45) is 7.05 Å². The third kappa shape index (κ3) is 2.97. The van der Waals surface area contributed by atoms with Crippen molar-refractivity contribution in [2.75, 3.05) is 19.8 Å². The van der Waals surface area contributed by atoms with E-state index in [9.17, 15) is 4.79 Å². The van der Waals surface area contributed by atoms with Gasteiger partial charge in [-0.2, -0.15) is 10.2 Å². The number of aryl methyl sites for hydroxylation is 2. The third-order valence-corrected chi connectivity index (χ3v) is 3.85. The fourth-order valence-corrected chi connectivity index (χ4v) is 2.64. The maximum absolute atomic E-state index is 12.5. The Balaban J connectivity index is 1.65. The molecular weight excluding hydrogens is 270 g/mol. The van der Waals surface area contributed by atoms with Gasteiger partial charge in [0.05, 0.1) is 24.9 Å². The molecule has 2 aromatic rings. The number of carbonyl (C=O) groups excluding carboxylic acids is 1. The number of ether oxygens (including phenoxy) is 1. The zero-order valence-corrected chi connectivity index (χ0v) is 12.0. The van der Waals surface area contributed by atoms with E-state index in [4.69, 9.17) is 4.74 Å². The number of aromatic nitrogens is 4. The van der Waals surface area contributed by atoms with Crippen LogP contribution < -0.4 is 0 Å². The van der Waals surface area contributed by atoms with Crippen molar-refractivity contribution in [1.29, 1.82) is 0 Å². The van der Waals surface area contributed by atoms with Gasteiger partial charge in [0.1, 0.15) is 0 Å². The highest BCUT2D eigenvalue weighted by atomic mass is 16.5. The van der Waals surface area contributed by atoms with Crippen LogP contribution in [0.15, 0.2) is 24.5 Å². The smallest absolute Gasteiger partial charge is 0.223 e. The second kappa shape index (κ2) is 6.09. The van der Waals surface area contributed by atoms with E-state index >= 15 is 0 Å². The topological polar surface area (TPSA) is 76.0 Å². The van der Waals surface area contributed by atoms with Crippen molar-refractivity contribution < 1.29 is 9.53 Å². The monoisotopic (exact) mass is 289 g/mol. The molecule has 21 heavy (non-hydrogen) atoms. The molecule has 1 saturated heterocycles. The van der Waals surface area contributed by atoms with Crippen molar-refractivity contribution in [3.05, 3.63) is 35.9 Å². The van der Waals surface area contributed by atoms with Crippen LogP contribution in [0.2, 0.25) is 0 Å². The Bertz CT molecular complexity index is 592. The molecule has 0 bridgehead atoms. The average Bonchev–Trinajstić information content (AvgIpc) is 3.16. The summed E-state index contributed by atoms with van der Waals surface area (Å²) in [6.07, 6.45) is 4.62. The average molecular weight is 289 g/mol. The van der Waals surface area contributed by atoms with Crippen LogP contribution in [0.3, 0.4) is 0 Å². The molecule has 1 N–H and O–H groups in total. The van der Waals surface area contributed by atoms with Crippen LogP contribution in [-0.4, -0.2) is 50.5 Å². The molecule has 0 aromatic carbocycles. The highest BCUT2D eigenvalue weighted by molar-refractivity contribution is 5.77. The first kappa shape index (κ1) is 13.8. The molecule has 7 heteroatoms. The van der Waals surface area contributed by atoms with Gasteiger partial charge in [0.25, 0.3) is 0 Å². The first-order chi connectivity index (χ1) is 10.3. The lowest BCUT2D eigenvalue weighted by atomic mass is 10.1. The molecule has 0 saturated carbocycles. The van der Waals surface area contributed by atoms with Crippen LogP contribution in [0.4, 0.5) is 0 Å². The van der Waals surface area contributed by atoms with E-state index < -0.39 is 0 Å². The number of carbonyl (C=O) groups is 1. The van der Waals surface area contributed by atoms with Gasteiger partial charge in [-0.25, -0.2) is 0 Å². The number of morpholine rings is 1. The van der Waals surface area contributed by atoms with E-state index in [0.29, 0.717) is 32.6 Å². The fraction of sp³-hybridized carbons (Fsp3) is 0.500. The summed E-state index contributed by atoms with van der Waals surface area (Å²) in [6, 6.07) is 3.76. The molecule has 0 radical (unpaired) electrons. The minimum absolute atomic E-state index is 0.0692. The summed E-state index contributed by atoms with van der Waals surface area (Å²) in [4.78, 5) is 14.4. The van der Waals surface area contributed by atoms with Gasteiger partial charge in [-0.3, -0.25) is 14.6 Å². The van der Waals surface area contributed by atoms with Crippen molar-refractivity contribution in [2.45, 2.75) is 18.9 Å². The third-order valence-electron chi connectivity index (χ3n) is 3.85. The molecule has 0 spiro atoms. The van der Waals surface area contributed by atoms with Crippen LogP contribution in [-0.2, 0) is 23.0 Å². The van der Waals surface area contributed by atoms with E-state index in [2.05, 4.69) is 15.3 Å². The molecule has 1 unspecified atom stereocenters. The summed E-state index contributed by atoms with van der Waals surface area (Å²) in [5, 5.41) is 11.0. The number of nitrogens with zero attached hydrogens (tertiary/aromatic N) is 4. The predicted octanol–water partition coefficient (Wildman–Crippen LogP) is 0.676. The van der Waals surface area contributed by atoms with Gasteiger partial charge in [0.15, 0.2) is 0 Å². The van der Waals surface area contributed by atoms with E-state index in [1.807, 2.05) is 24.1 Å². The van der Waals surface area contributed by atoms with Crippen molar-refractivity contribution in [3.63, 3.8) is 0 Å². The lowest BCUT2D eigenvalue weighted by Crippen LogP contribution is -2.43. The highest BCUT2D eigenvalue weighted by Crippen LogP contribution is 2.23. The quantitative estimate of drug-likeness (QED) is 0.898. The Morgan fingerprint density at radius 1 is 1.48 bits per heavy atom. The molecular formula is C14H19N5O2. The summed E-state index contributed by atoms with van der Waals surface area (Å²) in [5.41, 5.74) is 1.98. The molecule has 112 valence electrons. The van der Waals surface area contributed by atoms with E-state index in [-0.39, 0.29) is 11.9 Å². The minimum Gasteiger partial charge on any atom is -0.377 e. The molecule has 2 aromatic heterocycles. The maximum Gasteiger partial charge on any atom is 0.223 e. The molecule has 0 aliphatic carbocycles. The maximum atomic E-state index is 12.5. The van der Waals surface area contributed by atoms with Gasteiger partial charge >= 0.3 is 0 Å². The first-order valence-electron chi connectivity index (χ1n) is 7.09. The molecule has 1 aliphatic heterocycles. The fourth-order valence-electron chi connectivity index (χ4n) is 2.64.